The van der Waals surface area contributed by atoms with E-state index in [1.165, 1.54) is 30.9 Å². The molecule has 4 heteroatoms. The van der Waals surface area contributed by atoms with Crippen LogP contribution in [0.4, 0.5) is 0 Å². The Balaban J connectivity index is 2.06. The van der Waals surface area contributed by atoms with Crippen LogP contribution in [0.5, 0.6) is 0 Å². The molecular weight excluding hydrogens is 242 g/mol. The third-order valence-electron chi connectivity index (χ3n) is 4.17. The number of rotatable bonds is 5. The van der Waals surface area contributed by atoms with E-state index in [-0.39, 0.29) is 5.54 Å². The topological polar surface area (TPSA) is 28.2 Å². The van der Waals surface area contributed by atoms with Crippen molar-refractivity contribution in [3.63, 3.8) is 0 Å². The summed E-state index contributed by atoms with van der Waals surface area (Å²) >= 11 is 1.78. The highest BCUT2D eigenvalue weighted by Crippen LogP contribution is 2.26. The van der Waals surface area contributed by atoms with Gasteiger partial charge in [-0.15, -0.1) is 11.3 Å². The molecule has 0 aliphatic carbocycles. The lowest BCUT2D eigenvalue weighted by atomic mass is 9.90. The van der Waals surface area contributed by atoms with Crippen molar-refractivity contribution < 1.29 is 0 Å². The molecule has 3 nitrogen and oxygen atoms in total. The molecule has 18 heavy (non-hydrogen) atoms. The molecule has 1 atom stereocenters. The molecule has 2 rings (SSSR count). The molecule has 0 bridgehead atoms. The minimum Gasteiger partial charge on any atom is -0.315 e. The van der Waals surface area contributed by atoms with Crippen LogP contribution in [0.3, 0.4) is 0 Å². The highest BCUT2D eigenvalue weighted by Gasteiger charge is 2.36. The number of likely N-dealkylation sites (tertiary alicyclic amines) is 1. The largest absolute Gasteiger partial charge is 0.315 e. The van der Waals surface area contributed by atoms with E-state index in [1.54, 1.807) is 11.3 Å². The number of aryl methyl sites for hydroxylation is 1. The average Bonchev–Trinajstić information content (AvgIpc) is 2.96. The first kappa shape index (κ1) is 14.0. The lowest BCUT2D eigenvalue weighted by Gasteiger charge is -2.42. The summed E-state index contributed by atoms with van der Waals surface area (Å²) in [6.45, 7) is 9.27. The quantitative estimate of drug-likeness (QED) is 0.888. The number of aromatic nitrogens is 1. The molecule has 1 saturated heterocycles. The van der Waals surface area contributed by atoms with E-state index in [0.29, 0.717) is 6.04 Å². The summed E-state index contributed by atoms with van der Waals surface area (Å²) in [6.07, 6.45) is 3.71. The molecule has 0 amide bonds. The van der Waals surface area contributed by atoms with Crippen molar-refractivity contribution in [3.8, 4) is 0 Å². The van der Waals surface area contributed by atoms with Crippen molar-refractivity contribution >= 4 is 11.3 Å². The summed E-state index contributed by atoms with van der Waals surface area (Å²) in [7, 11) is 2.07. The third-order valence-corrected chi connectivity index (χ3v) is 5.16. The lowest BCUT2D eigenvalue weighted by molar-refractivity contribution is 0.110. The number of nitrogens with zero attached hydrogens (tertiary/aromatic N) is 2. The number of hydrogen-bond acceptors (Lipinski definition) is 4. The second-order valence-corrected chi connectivity index (χ2v) is 6.72. The molecule has 1 unspecified atom stereocenters. The highest BCUT2D eigenvalue weighted by atomic mass is 32.1. The van der Waals surface area contributed by atoms with Gasteiger partial charge in [-0.2, -0.15) is 0 Å². The van der Waals surface area contributed by atoms with Crippen LogP contribution in [0.1, 0.15) is 37.4 Å². The monoisotopic (exact) mass is 267 g/mol. The predicted molar refractivity (Wildman–Crippen MR) is 78.3 cm³/mol. The van der Waals surface area contributed by atoms with Crippen molar-refractivity contribution in [1.29, 1.82) is 0 Å². The van der Waals surface area contributed by atoms with Gasteiger partial charge in [-0.1, -0.05) is 0 Å². The molecule has 1 N–H and O–H groups in total. The van der Waals surface area contributed by atoms with Crippen LogP contribution in [0.2, 0.25) is 0 Å². The van der Waals surface area contributed by atoms with Gasteiger partial charge in [0.1, 0.15) is 0 Å². The Morgan fingerprint density at radius 1 is 1.44 bits per heavy atom. The van der Waals surface area contributed by atoms with E-state index >= 15 is 0 Å². The van der Waals surface area contributed by atoms with Gasteiger partial charge < -0.3 is 5.32 Å². The molecule has 1 aliphatic heterocycles. The minimum absolute atomic E-state index is 0.199. The van der Waals surface area contributed by atoms with Crippen LogP contribution in [0.15, 0.2) is 5.38 Å². The van der Waals surface area contributed by atoms with Gasteiger partial charge in [0.2, 0.25) is 0 Å². The van der Waals surface area contributed by atoms with Gasteiger partial charge in [-0.3, -0.25) is 4.90 Å². The second kappa shape index (κ2) is 5.68. The van der Waals surface area contributed by atoms with Crippen LogP contribution in [-0.4, -0.2) is 41.6 Å². The summed E-state index contributed by atoms with van der Waals surface area (Å²) in [4.78, 5) is 7.22. The van der Waals surface area contributed by atoms with E-state index in [4.69, 9.17) is 0 Å². The number of likely N-dealkylation sites (N-methyl/N-ethyl adjacent to an activating group) is 1. The fourth-order valence-corrected chi connectivity index (χ4v) is 3.71. The first-order chi connectivity index (χ1) is 8.54. The average molecular weight is 267 g/mol. The van der Waals surface area contributed by atoms with Crippen molar-refractivity contribution in [2.45, 2.75) is 51.6 Å². The van der Waals surface area contributed by atoms with Crippen LogP contribution < -0.4 is 5.32 Å². The maximum absolute atomic E-state index is 4.60. The maximum Gasteiger partial charge on any atom is 0.0944 e. The maximum atomic E-state index is 4.60. The number of thiazole rings is 1. The normalized spacial score (nSPS) is 19.3. The number of hydrogen-bond donors (Lipinski definition) is 1. The van der Waals surface area contributed by atoms with Gasteiger partial charge in [0.25, 0.3) is 0 Å². The Hall–Kier alpha value is -0.450. The van der Waals surface area contributed by atoms with Gasteiger partial charge in [-0.05, 0) is 53.8 Å². The van der Waals surface area contributed by atoms with Gasteiger partial charge in [0.15, 0.2) is 0 Å². The lowest BCUT2D eigenvalue weighted by Crippen LogP contribution is -2.57. The standard InChI is InChI=1S/C14H25N3S/c1-11-10-18-13(16-11)9-12(15-4)14(2,3)17-7-5-6-8-17/h10,12,15H,5-9H2,1-4H3. The summed E-state index contributed by atoms with van der Waals surface area (Å²) < 4.78 is 0. The van der Waals surface area contributed by atoms with Gasteiger partial charge in [0.05, 0.1) is 5.01 Å². The van der Waals surface area contributed by atoms with Crippen LogP contribution in [-0.2, 0) is 6.42 Å². The fourth-order valence-electron chi connectivity index (χ4n) is 2.89. The molecule has 1 aliphatic rings. The van der Waals surface area contributed by atoms with E-state index in [2.05, 4.69) is 48.4 Å². The summed E-state index contributed by atoms with van der Waals surface area (Å²) in [5.74, 6) is 0. The van der Waals surface area contributed by atoms with Crippen LogP contribution in [0.25, 0.3) is 0 Å². The van der Waals surface area contributed by atoms with Gasteiger partial charge in [-0.25, -0.2) is 4.98 Å². The fraction of sp³-hybridized carbons (Fsp3) is 0.786. The predicted octanol–water partition coefficient (Wildman–Crippen LogP) is 2.46. The summed E-state index contributed by atoms with van der Waals surface area (Å²) in [6, 6.07) is 0.459. The van der Waals surface area contributed by atoms with Crippen molar-refractivity contribution in [2.75, 3.05) is 20.1 Å². The third kappa shape index (κ3) is 2.92. The molecule has 0 saturated carbocycles. The smallest absolute Gasteiger partial charge is 0.0944 e. The zero-order valence-corrected chi connectivity index (χ0v) is 12.8. The molecule has 1 aromatic rings. The van der Waals surface area contributed by atoms with E-state index in [0.717, 1.165) is 12.1 Å². The first-order valence-corrected chi connectivity index (χ1v) is 7.75. The first-order valence-electron chi connectivity index (χ1n) is 6.87. The zero-order chi connectivity index (χ0) is 13.2. The molecule has 0 spiro atoms. The molecule has 0 radical (unpaired) electrons. The Labute approximate surface area is 115 Å². The second-order valence-electron chi connectivity index (χ2n) is 5.78. The van der Waals surface area contributed by atoms with E-state index in [1.807, 2.05) is 0 Å². The molecule has 102 valence electrons. The van der Waals surface area contributed by atoms with Crippen LogP contribution in [0, 0.1) is 6.92 Å². The molecule has 2 heterocycles. The SMILES string of the molecule is CNC(Cc1nc(C)cs1)C(C)(C)N1CCCC1. The van der Waals surface area contributed by atoms with Crippen molar-refractivity contribution in [3.05, 3.63) is 16.1 Å². The van der Waals surface area contributed by atoms with E-state index in [9.17, 15) is 0 Å². The molecule has 0 aromatic carbocycles. The van der Waals surface area contributed by atoms with Crippen molar-refractivity contribution in [2.24, 2.45) is 0 Å². The Bertz CT molecular complexity index is 380. The summed E-state index contributed by atoms with van der Waals surface area (Å²) in [5, 5.41) is 6.89. The van der Waals surface area contributed by atoms with Gasteiger partial charge >= 0.3 is 0 Å². The van der Waals surface area contributed by atoms with E-state index < -0.39 is 0 Å². The van der Waals surface area contributed by atoms with Crippen molar-refractivity contribution in [1.82, 2.24) is 15.2 Å². The minimum atomic E-state index is 0.199. The Morgan fingerprint density at radius 3 is 2.61 bits per heavy atom. The van der Waals surface area contributed by atoms with Gasteiger partial charge in [0, 0.05) is 29.1 Å². The zero-order valence-electron chi connectivity index (χ0n) is 12.0. The highest BCUT2D eigenvalue weighted by molar-refractivity contribution is 7.09. The van der Waals surface area contributed by atoms with Crippen LogP contribution >= 0.6 is 11.3 Å². The molecule has 1 aromatic heterocycles. The Morgan fingerprint density at radius 2 is 2.11 bits per heavy atom. The number of nitrogens with one attached hydrogen (secondary N) is 1. The summed E-state index contributed by atoms with van der Waals surface area (Å²) in [5.41, 5.74) is 1.34. The molecular formula is C14H25N3S. The Kier molecular flexibility index (Phi) is 4.41. The molecule has 1 fully saturated rings.